The number of halogens is 2. The highest BCUT2D eigenvalue weighted by atomic mass is 19.1. The van der Waals surface area contributed by atoms with E-state index in [9.17, 15) is 23.7 Å². The van der Waals surface area contributed by atoms with Gasteiger partial charge in [0.2, 0.25) is 0 Å². The minimum Gasteiger partial charge on any atom is -0.307 e. The SMILES string of the molecule is O=C(Nc1cccc([N+](=O)[O-])c1)Nc1cc(F)ccc1F. The van der Waals surface area contributed by atoms with Gasteiger partial charge in [0.15, 0.2) is 0 Å². The van der Waals surface area contributed by atoms with Gasteiger partial charge in [-0.15, -0.1) is 0 Å². The fourth-order valence-corrected chi connectivity index (χ4v) is 1.58. The maximum atomic E-state index is 13.3. The Labute approximate surface area is 117 Å². The largest absolute Gasteiger partial charge is 0.323 e. The third-order valence-electron chi connectivity index (χ3n) is 2.49. The van der Waals surface area contributed by atoms with E-state index < -0.39 is 22.6 Å². The van der Waals surface area contributed by atoms with Crippen molar-refractivity contribution in [1.82, 2.24) is 0 Å². The Balaban J connectivity index is 2.10. The quantitative estimate of drug-likeness (QED) is 0.670. The molecule has 6 nitrogen and oxygen atoms in total. The van der Waals surface area contributed by atoms with Crippen LogP contribution in [0.1, 0.15) is 0 Å². The monoisotopic (exact) mass is 293 g/mol. The van der Waals surface area contributed by atoms with Gasteiger partial charge in [0.05, 0.1) is 10.6 Å². The van der Waals surface area contributed by atoms with Crippen LogP contribution in [0, 0.1) is 21.7 Å². The Morgan fingerprint density at radius 3 is 2.57 bits per heavy atom. The summed E-state index contributed by atoms with van der Waals surface area (Å²) < 4.78 is 26.3. The van der Waals surface area contributed by atoms with Crippen molar-refractivity contribution >= 4 is 23.1 Å². The van der Waals surface area contributed by atoms with E-state index in [1.807, 2.05) is 0 Å². The lowest BCUT2D eigenvalue weighted by atomic mass is 10.3. The van der Waals surface area contributed by atoms with Crippen molar-refractivity contribution < 1.29 is 18.5 Å². The molecule has 0 bridgehead atoms. The molecule has 0 saturated carbocycles. The van der Waals surface area contributed by atoms with Gasteiger partial charge in [-0.2, -0.15) is 0 Å². The number of urea groups is 1. The van der Waals surface area contributed by atoms with Crippen molar-refractivity contribution in [2.75, 3.05) is 10.6 Å². The average molecular weight is 293 g/mol. The number of hydrogen-bond acceptors (Lipinski definition) is 3. The van der Waals surface area contributed by atoms with Crippen LogP contribution in [0.3, 0.4) is 0 Å². The molecule has 0 atom stereocenters. The van der Waals surface area contributed by atoms with Crippen LogP contribution in [0.4, 0.5) is 30.6 Å². The zero-order valence-electron chi connectivity index (χ0n) is 10.5. The van der Waals surface area contributed by atoms with Crippen LogP contribution >= 0.6 is 0 Å². The summed E-state index contributed by atoms with van der Waals surface area (Å²) in [5.41, 5.74) is -0.388. The Hall–Kier alpha value is -3.03. The molecule has 0 aliphatic rings. The molecule has 2 rings (SSSR count). The number of benzene rings is 2. The highest BCUT2D eigenvalue weighted by Gasteiger charge is 2.10. The van der Waals surface area contributed by atoms with Gasteiger partial charge in [-0.25, -0.2) is 13.6 Å². The lowest BCUT2D eigenvalue weighted by molar-refractivity contribution is -0.384. The number of nitro groups is 1. The van der Waals surface area contributed by atoms with E-state index in [2.05, 4.69) is 10.6 Å². The number of non-ortho nitro benzene ring substituents is 1. The number of carbonyl (C=O) groups is 1. The van der Waals surface area contributed by atoms with Gasteiger partial charge in [0.1, 0.15) is 11.6 Å². The molecule has 108 valence electrons. The first-order valence-electron chi connectivity index (χ1n) is 5.73. The van der Waals surface area contributed by atoms with Gasteiger partial charge in [-0.05, 0) is 18.2 Å². The second-order valence-electron chi connectivity index (χ2n) is 4.01. The van der Waals surface area contributed by atoms with E-state index in [1.165, 1.54) is 18.2 Å². The van der Waals surface area contributed by atoms with E-state index >= 15 is 0 Å². The molecule has 0 heterocycles. The molecule has 0 aromatic heterocycles. The molecule has 21 heavy (non-hydrogen) atoms. The zero-order valence-corrected chi connectivity index (χ0v) is 10.5. The fourth-order valence-electron chi connectivity index (χ4n) is 1.58. The standard InChI is InChI=1S/C13H9F2N3O3/c14-8-4-5-11(15)12(6-8)17-13(19)16-9-2-1-3-10(7-9)18(20)21/h1-7H,(H2,16,17,19). The van der Waals surface area contributed by atoms with Crippen molar-refractivity contribution in [2.45, 2.75) is 0 Å². The van der Waals surface area contributed by atoms with E-state index in [0.29, 0.717) is 0 Å². The first kappa shape index (κ1) is 14.4. The Morgan fingerprint density at radius 1 is 1.10 bits per heavy atom. The molecule has 2 aromatic rings. The molecule has 0 radical (unpaired) electrons. The lowest BCUT2D eigenvalue weighted by Crippen LogP contribution is -2.20. The summed E-state index contributed by atoms with van der Waals surface area (Å²) in [7, 11) is 0. The van der Waals surface area contributed by atoms with Gasteiger partial charge in [-0.1, -0.05) is 6.07 Å². The number of nitrogens with one attached hydrogen (secondary N) is 2. The molecular weight excluding hydrogens is 284 g/mol. The van der Waals surface area contributed by atoms with Gasteiger partial charge < -0.3 is 10.6 Å². The van der Waals surface area contributed by atoms with Gasteiger partial charge in [-0.3, -0.25) is 10.1 Å². The number of carbonyl (C=O) groups excluding carboxylic acids is 1. The number of rotatable bonds is 3. The first-order chi connectivity index (χ1) is 9.95. The first-order valence-corrected chi connectivity index (χ1v) is 5.73. The predicted molar refractivity (Wildman–Crippen MR) is 72.1 cm³/mol. The van der Waals surface area contributed by atoms with E-state index in [4.69, 9.17) is 0 Å². The van der Waals surface area contributed by atoms with Crippen molar-refractivity contribution in [1.29, 1.82) is 0 Å². The summed E-state index contributed by atoms with van der Waals surface area (Å²) in [6.07, 6.45) is 0. The van der Waals surface area contributed by atoms with E-state index in [0.717, 1.165) is 24.3 Å². The van der Waals surface area contributed by atoms with Crippen molar-refractivity contribution in [3.05, 3.63) is 64.2 Å². The van der Waals surface area contributed by atoms with Gasteiger partial charge >= 0.3 is 6.03 Å². The fraction of sp³-hybridized carbons (Fsp3) is 0. The van der Waals surface area contributed by atoms with Gasteiger partial charge in [0, 0.05) is 23.9 Å². The maximum absolute atomic E-state index is 13.3. The number of hydrogen-bond donors (Lipinski definition) is 2. The second-order valence-corrected chi connectivity index (χ2v) is 4.01. The summed E-state index contributed by atoms with van der Waals surface area (Å²) in [6, 6.07) is 6.97. The zero-order chi connectivity index (χ0) is 15.4. The normalized spacial score (nSPS) is 10.0. The average Bonchev–Trinajstić information content (AvgIpc) is 2.43. The minimum absolute atomic E-state index is 0.151. The molecule has 8 heteroatoms. The molecule has 2 N–H and O–H groups in total. The summed E-state index contributed by atoms with van der Waals surface area (Å²) in [5, 5.41) is 15.0. The van der Waals surface area contributed by atoms with Crippen LogP contribution in [0.25, 0.3) is 0 Å². The van der Waals surface area contributed by atoms with Crippen molar-refractivity contribution in [2.24, 2.45) is 0 Å². The smallest absolute Gasteiger partial charge is 0.307 e. The third-order valence-corrected chi connectivity index (χ3v) is 2.49. The van der Waals surface area contributed by atoms with Crippen LogP contribution in [0.15, 0.2) is 42.5 Å². The minimum atomic E-state index is -0.847. The third kappa shape index (κ3) is 3.72. The molecular formula is C13H9F2N3O3. The number of anilines is 2. The number of nitro benzene ring substituents is 1. The van der Waals surface area contributed by atoms with E-state index in [-0.39, 0.29) is 17.1 Å². The topological polar surface area (TPSA) is 84.3 Å². The van der Waals surface area contributed by atoms with Crippen LogP contribution in [0.2, 0.25) is 0 Å². The molecule has 2 aromatic carbocycles. The van der Waals surface area contributed by atoms with Crippen LogP contribution in [0.5, 0.6) is 0 Å². The highest BCUT2D eigenvalue weighted by Crippen LogP contribution is 2.18. The van der Waals surface area contributed by atoms with Crippen LogP contribution < -0.4 is 10.6 Å². The van der Waals surface area contributed by atoms with Crippen LogP contribution in [-0.2, 0) is 0 Å². The molecule has 0 fully saturated rings. The Bertz CT molecular complexity index is 707. The summed E-state index contributed by atoms with van der Waals surface area (Å²) in [5.74, 6) is -1.51. The molecule has 2 amide bonds. The maximum Gasteiger partial charge on any atom is 0.323 e. The summed E-state index contributed by atoms with van der Waals surface area (Å²) in [6.45, 7) is 0. The molecule has 0 unspecified atom stereocenters. The Morgan fingerprint density at radius 2 is 1.86 bits per heavy atom. The molecule has 0 saturated heterocycles. The summed E-state index contributed by atoms with van der Waals surface area (Å²) >= 11 is 0. The van der Waals surface area contributed by atoms with Crippen molar-refractivity contribution in [3.63, 3.8) is 0 Å². The van der Waals surface area contributed by atoms with Crippen LogP contribution in [-0.4, -0.2) is 11.0 Å². The lowest BCUT2D eigenvalue weighted by Gasteiger charge is -2.08. The Kier molecular flexibility index (Phi) is 4.07. The van der Waals surface area contributed by atoms with Gasteiger partial charge in [0.25, 0.3) is 5.69 Å². The highest BCUT2D eigenvalue weighted by molar-refractivity contribution is 5.99. The number of nitrogens with zero attached hydrogens (tertiary/aromatic N) is 1. The molecule has 0 spiro atoms. The molecule has 0 aliphatic heterocycles. The predicted octanol–water partition coefficient (Wildman–Crippen LogP) is 3.52. The van der Waals surface area contributed by atoms with E-state index in [1.54, 1.807) is 0 Å². The number of amides is 2. The molecule has 0 aliphatic carbocycles. The second kappa shape index (κ2) is 5.95. The van der Waals surface area contributed by atoms with Crippen molar-refractivity contribution in [3.8, 4) is 0 Å². The summed E-state index contributed by atoms with van der Waals surface area (Å²) in [4.78, 5) is 21.6.